The van der Waals surface area contributed by atoms with Gasteiger partial charge in [0.1, 0.15) is 23.9 Å². The molecule has 6 nitrogen and oxygen atoms in total. The lowest BCUT2D eigenvalue weighted by Crippen LogP contribution is -2.36. The smallest absolute Gasteiger partial charge is 0.295 e. The first-order valence-electron chi connectivity index (χ1n) is 10.5. The minimum Gasteiger partial charge on any atom is -0.507 e. The van der Waals surface area contributed by atoms with Gasteiger partial charge in [0, 0.05) is 24.3 Å². The van der Waals surface area contributed by atoms with Crippen LogP contribution in [0.2, 0.25) is 0 Å². The highest BCUT2D eigenvalue weighted by atomic mass is 19.1. The van der Waals surface area contributed by atoms with Crippen LogP contribution in [-0.4, -0.2) is 47.6 Å². The van der Waals surface area contributed by atoms with Crippen LogP contribution in [0.3, 0.4) is 0 Å². The number of hydrogen-bond donors (Lipinski definition) is 1. The van der Waals surface area contributed by atoms with Crippen LogP contribution in [0.4, 0.5) is 4.39 Å². The number of Topliss-reactive ketones (excluding diaryl/α,β-unsaturated/α-hetero) is 1. The van der Waals surface area contributed by atoms with E-state index in [1.807, 2.05) is 0 Å². The number of aliphatic hydroxyl groups excluding tert-OH is 1. The zero-order valence-electron chi connectivity index (χ0n) is 17.5. The van der Waals surface area contributed by atoms with Gasteiger partial charge in [-0.2, -0.15) is 0 Å². The molecular formula is C25H24FNO5. The molecule has 2 saturated heterocycles. The van der Waals surface area contributed by atoms with Gasteiger partial charge in [-0.1, -0.05) is 30.9 Å². The molecule has 0 saturated carbocycles. The lowest BCUT2D eigenvalue weighted by atomic mass is 9.94. The van der Waals surface area contributed by atoms with Gasteiger partial charge in [-0.3, -0.25) is 9.59 Å². The van der Waals surface area contributed by atoms with Crippen LogP contribution in [0.1, 0.15) is 30.0 Å². The molecule has 2 atom stereocenters. The largest absolute Gasteiger partial charge is 0.507 e. The Morgan fingerprint density at radius 2 is 1.97 bits per heavy atom. The Hall–Kier alpha value is -3.45. The fourth-order valence-corrected chi connectivity index (χ4v) is 4.12. The first-order chi connectivity index (χ1) is 15.5. The van der Waals surface area contributed by atoms with Gasteiger partial charge in [0.15, 0.2) is 0 Å². The number of benzene rings is 2. The molecular weight excluding hydrogens is 413 g/mol. The monoisotopic (exact) mass is 437 g/mol. The molecule has 1 amide bonds. The normalized spacial score (nSPS) is 22.3. The number of ether oxygens (including phenoxy) is 2. The van der Waals surface area contributed by atoms with Crippen LogP contribution in [0.15, 0.2) is 66.8 Å². The summed E-state index contributed by atoms with van der Waals surface area (Å²) in [6.45, 7) is 4.65. The molecule has 2 aliphatic heterocycles. The lowest BCUT2D eigenvalue weighted by Gasteiger charge is -2.27. The van der Waals surface area contributed by atoms with Crippen molar-refractivity contribution in [1.29, 1.82) is 0 Å². The highest BCUT2D eigenvalue weighted by Crippen LogP contribution is 2.41. The molecule has 0 radical (unpaired) electrons. The van der Waals surface area contributed by atoms with Gasteiger partial charge in [0.25, 0.3) is 11.7 Å². The molecule has 0 bridgehead atoms. The van der Waals surface area contributed by atoms with Crippen molar-refractivity contribution in [3.8, 4) is 5.75 Å². The summed E-state index contributed by atoms with van der Waals surface area (Å²) < 4.78 is 25.9. The van der Waals surface area contributed by atoms with Crippen LogP contribution in [0.5, 0.6) is 5.75 Å². The van der Waals surface area contributed by atoms with Crippen molar-refractivity contribution in [3.05, 3.63) is 83.7 Å². The number of likely N-dealkylation sites (tertiary alicyclic amines) is 1. The van der Waals surface area contributed by atoms with Crippen molar-refractivity contribution in [2.75, 3.05) is 19.8 Å². The Bertz CT molecular complexity index is 1060. The first kappa shape index (κ1) is 21.8. The fourth-order valence-electron chi connectivity index (χ4n) is 4.12. The molecule has 0 aromatic heterocycles. The van der Waals surface area contributed by atoms with E-state index in [4.69, 9.17) is 9.47 Å². The van der Waals surface area contributed by atoms with Crippen LogP contribution >= 0.6 is 0 Å². The third-order valence-electron chi connectivity index (χ3n) is 5.66. The van der Waals surface area contributed by atoms with E-state index in [1.165, 1.54) is 23.1 Å². The number of ketones is 1. The highest BCUT2D eigenvalue weighted by molar-refractivity contribution is 6.46. The highest BCUT2D eigenvalue weighted by Gasteiger charge is 2.47. The van der Waals surface area contributed by atoms with E-state index in [9.17, 15) is 19.1 Å². The van der Waals surface area contributed by atoms with Crippen molar-refractivity contribution in [1.82, 2.24) is 4.90 Å². The number of halogens is 1. The van der Waals surface area contributed by atoms with Crippen molar-refractivity contribution in [3.63, 3.8) is 0 Å². The molecule has 2 unspecified atom stereocenters. The molecule has 7 heteroatoms. The van der Waals surface area contributed by atoms with Crippen molar-refractivity contribution in [2.24, 2.45) is 0 Å². The van der Waals surface area contributed by atoms with Gasteiger partial charge in [-0.05, 0) is 43.2 Å². The van der Waals surface area contributed by atoms with Crippen molar-refractivity contribution < 1.29 is 28.6 Å². The molecule has 4 rings (SSSR count). The molecule has 2 heterocycles. The maximum absolute atomic E-state index is 14.8. The number of nitrogens with zero attached hydrogens (tertiary/aromatic N) is 1. The number of carbonyl (C=O) groups excluding carboxylic acids is 2. The minimum atomic E-state index is -1.04. The van der Waals surface area contributed by atoms with Crippen LogP contribution in [0, 0.1) is 5.82 Å². The standard InChI is InChI=1S/C25H24FNO5/c1-2-13-31-17-11-9-16(10-12-17)23(28)21-22(19-7-3-4-8-20(19)26)27(25(30)24(21)29)15-18-6-5-14-32-18/h2-4,7-12,18,22,28H,1,5-6,13-15H2/b23-21+. The molecule has 2 aromatic rings. The zero-order chi connectivity index (χ0) is 22.7. The van der Waals surface area contributed by atoms with Crippen LogP contribution in [-0.2, 0) is 14.3 Å². The summed E-state index contributed by atoms with van der Waals surface area (Å²) >= 11 is 0. The predicted molar refractivity (Wildman–Crippen MR) is 117 cm³/mol. The average molecular weight is 437 g/mol. The average Bonchev–Trinajstić information content (AvgIpc) is 3.40. The van der Waals surface area contributed by atoms with Crippen LogP contribution < -0.4 is 4.74 Å². The van der Waals surface area contributed by atoms with E-state index >= 15 is 0 Å². The lowest BCUT2D eigenvalue weighted by molar-refractivity contribution is -0.140. The second kappa shape index (κ2) is 9.36. The Balaban J connectivity index is 1.77. The maximum atomic E-state index is 14.8. The Morgan fingerprint density at radius 1 is 1.22 bits per heavy atom. The Kier molecular flexibility index (Phi) is 6.37. The summed E-state index contributed by atoms with van der Waals surface area (Å²) in [5.74, 6) is -1.98. The summed E-state index contributed by atoms with van der Waals surface area (Å²) in [5.41, 5.74) is 0.336. The molecule has 0 aliphatic carbocycles. The van der Waals surface area contributed by atoms with E-state index in [0.29, 0.717) is 24.5 Å². The summed E-state index contributed by atoms with van der Waals surface area (Å²) in [7, 11) is 0. The third-order valence-corrected chi connectivity index (χ3v) is 5.66. The van der Waals surface area contributed by atoms with Crippen molar-refractivity contribution >= 4 is 17.4 Å². The molecule has 0 spiro atoms. The molecule has 32 heavy (non-hydrogen) atoms. The molecule has 2 aliphatic rings. The second-order valence-corrected chi connectivity index (χ2v) is 7.73. The van der Waals surface area contributed by atoms with E-state index in [2.05, 4.69) is 6.58 Å². The van der Waals surface area contributed by atoms with Gasteiger partial charge >= 0.3 is 0 Å². The Labute approximate surface area is 185 Å². The topological polar surface area (TPSA) is 76.1 Å². The summed E-state index contributed by atoms with van der Waals surface area (Å²) in [6, 6.07) is 11.4. The van der Waals surface area contributed by atoms with Gasteiger partial charge in [-0.15, -0.1) is 0 Å². The number of hydrogen-bond acceptors (Lipinski definition) is 5. The number of aliphatic hydroxyl groups is 1. The van der Waals surface area contributed by atoms with Gasteiger partial charge in [0.05, 0.1) is 17.7 Å². The quantitative estimate of drug-likeness (QED) is 0.307. The number of rotatable bonds is 7. The number of carbonyl (C=O) groups is 2. The summed E-state index contributed by atoms with van der Waals surface area (Å²) in [6.07, 6.45) is 2.99. The maximum Gasteiger partial charge on any atom is 0.295 e. The van der Waals surface area contributed by atoms with Crippen molar-refractivity contribution in [2.45, 2.75) is 25.0 Å². The van der Waals surface area contributed by atoms with E-state index in [1.54, 1.807) is 36.4 Å². The zero-order valence-corrected chi connectivity index (χ0v) is 17.5. The predicted octanol–water partition coefficient (Wildman–Crippen LogP) is 3.99. The van der Waals surface area contributed by atoms with Gasteiger partial charge < -0.3 is 19.5 Å². The van der Waals surface area contributed by atoms with E-state index in [0.717, 1.165) is 12.8 Å². The summed E-state index contributed by atoms with van der Waals surface area (Å²) in [5, 5.41) is 11.0. The summed E-state index contributed by atoms with van der Waals surface area (Å²) in [4.78, 5) is 27.2. The Morgan fingerprint density at radius 3 is 2.62 bits per heavy atom. The molecule has 166 valence electrons. The minimum absolute atomic E-state index is 0.141. The third kappa shape index (κ3) is 4.16. The van der Waals surface area contributed by atoms with E-state index < -0.39 is 23.5 Å². The number of amides is 1. The first-order valence-corrected chi connectivity index (χ1v) is 10.5. The second-order valence-electron chi connectivity index (χ2n) is 7.73. The fraction of sp³-hybridized carbons (Fsp3) is 0.280. The van der Waals surface area contributed by atoms with E-state index in [-0.39, 0.29) is 29.5 Å². The van der Waals surface area contributed by atoms with Gasteiger partial charge in [0.2, 0.25) is 0 Å². The molecule has 2 aromatic carbocycles. The SMILES string of the molecule is C=CCOc1ccc(/C(O)=C2\C(=O)C(=O)N(CC3CCCO3)C2c2ccccc2F)cc1. The van der Waals surface area contributed by atoms with Crippen LogP contribution in [0.25, 0.3) is 5.76 Å². The molecule has 2 fully saturated rings. The molecule has 1 N–H and O–H groups in total. The van der Waals surface area contributed by atoms with Gasteiger partial charge in [-0.25, -0.2) is 4.39 Å².